The van der Waals surface area contributed by atoms with Crippen LogP contribution in [0.15, 0.2) is 102 Å². The number of benzene rings is 4. The van der Waals surface area contributed by atoms with Gasteiger partial charge in [0.2, 0.25) is 5.91 Å². The number of hydrogen-bond acceptors (Lipinski definition) is 5. The third kappa shape index (κ3) is 5.87. The van der Waals surface area contributed by atoms with Crippen molar-refractivity contribution >= 4 is 55.9 Å². The zero-order valence-electron chi connectivity index (χ0n) is 19.8. The number of carbonyl (C=O) groups is 2. The van der Waals surface area contributed by atoms with Gasteiger partial charge in [-0.05, 0) is 66.6 Å². The Morgan fingerprint density at radius 3 is 2.38 bits per heavy atom. The van der Waals surface area contributed by atoms with Crippen LogP contribution in [0, 0.1) is 12.7 Å². The zero-order valence-corrected chi connectivity index (χ0v) is 21.4. The van der Waals surface area contributed by atoms with Gasteiger partial charge >= 0.3 is 0 Å². The van der Waals surface area contributed by atoms with Gasteiger partial charge < -0.3 is 10.6 Å². The molecule has 1 aromatic heterocycles. The summed E-state index contributed by atoms with van der Waals surface area (Å²) in [6.07, 6.45) is 0. The summed E-state index contributed by atoms with van der Waals surface area (Å²) in [5.41, 5.74) is 3.36. The average Bonchev–Trinajstić information content (AvgIpc) is 3.30. The Morgan fingerprint density at radius 1 is 0.892 bits per heavy atom. The Hall–Kier alpha value is -4.01. The molecule has 5 aromatic rings. The molecule has 0 bridgehead atoms. The summed E-state index contributed by atoms with van der Waals surface area (Å²) in [5.74, 6) is -1.28. The van der Waals surface area contributed by atoms with Crippen LogP contribution < -0.4 is 10.6 Å². The van der Waals surface area contributed by atoms with Gasteiger partial charge in [-0.2, -0.15) is 0 Å². The molecule has 4 aromatic carbocycles. The van der Waals surface area contributed by atoms with E-state index in [1.54, 1.807) is 18.2 Å². The van der Waals surface area contributed by atoms with Crippen LogP contribution in [0.1, 0.15) is 26.7 Å². The summed E-state index contributed by atoms with van der Waals surface area (Å²) < 4.78 is 14.9. The topological polar surface area (TPSA) is 71.1 Å². The lowest BCUT2D eigenvalue weighted by atomic mass is 10.1. The molecule has 0 aliphatic rings. The van der Waals surface area contributed by atoms with Gasteiger partial charge in [0.05, 0.1) is 15.8 Å². The van der Waals surface area contributed by atoms with E-state index in [4.69, 9.17) is 0 Å². The molecule has 5 nitrogen and oxygen atoms in total. The third-order valence-electron chi connectivity index (χ3n) is 5.60. The van der Waals surface area contributed by atoms with Crippen LogP contribution in [-0.4, -0.2) is 16.8 Å². The number of anilines is 2. The second-order valence-electron chi connectivity index (χ2n) is 8.35. The fourth-order valence-electron chi connectivity index (χ4n) is 3.75. The van der Waals surface area contributed by atoms with Crippen LogP contribution in [0.5, 0.6) is 0 Å². The first-order chi connectivity index (χ1) is 18.0. The molecule has 8 heteroatoms. The number of fused-ring (bicyclic) bond motifs is 1. The average molecular weight is 528 g/mol. The fourth-order valence-corrected chi connectivity index (χ4v) is 5.75. The number of nitrogens with zero attached hydrogens (tertiary/aromatic N) is 1. The molecule has 1 unspecified atom stereocenters. The molecule has 0 saturated carbocycles. The summed E-state index contributed by atoms with van der Waals surface area (Å²) in [4.78, 5) is 31.2. The molecular weight excluding hydrogens is 505 g/mol. The molecule has 0 aliphatic carbocycles. The standard InChI is InChI=1S/C29H22FN3O2S2/c1-18-11-16-24-25(17-18)37-29(32-24)33-28(35)26(19-7-3-2-4-8-19)36-21-14-12-20(13-15-21)31-27(34)22-9-5-6-10-23(22)30/h2-17,26H,1H3,(H,31,34)(H,32,33,35). The van der Waals surface area contributed by atoms with Gasteiger partial charge in [0.15, 0.2) is 5.13 Å². The Balaban J connectivity index is 1.32. The maximum atomic E-state index is 13.9. The van der Waals surface area contributed by atoms with Crippen LogP contribution in [0.3, 0.4) is 0 Å². The summed E-state index contributed by atoms with van der Waals surface area (Å²) in [7, 11) is 0. The van der Waals surface area contributed by atoms with Crippen molar-refractivity contribution in [3.8, 4) is 0 Å². The van der Waals surface area contributed by atoms with Gasteiger partial charge in [-0.3, -0.25) is 9.59 Å². The van der Waals surface area contributed by atoms with E-state index in [2.05, 4.69) is 21.7 Å². The first kappa shape index (κ1) is 24.7. The summed E-state index contributed by atoms with van der Waals surface area (Å²) in [6.45, 7) is 2.02. The molecule has 0 radical (unpaired) electrons. The van der Waals surface area contributed by atoms with Gasteiger partial charge in [-0.25, -0.2) is 9.37 Å². The van der Waals surface area contributed by atoms with E-state index < -0.39 is 17.0 Å². The van der Waals surface area contributed by atoms with Crippen molar-refractivity contribution in [3.63, 3.8) is 0 Å². The van der Waals surface area contributed by atoms with E-state index in [9.17, 15) is 14.0 Å². The first-order valence-corrected chi connectivity index (χ1v) is 13.2. The van der Waals surface area contributed by atoms with Crippen molar-refractivity contribution in [2.45, 2.75) is 17.1 Å². The lowest BCUT2D eigenvalue weighted by Crippen LogP contribution is -2.18. The quantitative estimate of drug-likeness (QED) is 0.215. The molecule has 0 aliphatic heterocycles. The molecule has 2 amide bonds. The van der Waals surface area contributed by atoms with Gasteiger partial charge in [-0.15, -0.1) is 11.8 Å². The summed E-state index contributed by atoms with van der Waals surface area (Å²) >= 11 is 2.84. The van der Waals surface area contributed by atoms with Crippen molar-refractivity contribution in [1.82, 2.24) is 4.98 Å². The van der Waals surface area contributed by atoms with Crippen molar-refractivity contribution < 1.29 is 14.0 Å². The molecule has 5 rings (SSSR count). The van der Waals surface area contributed by atoms with Crippen LogP contribution in [-0.2, 0) is 4.79 Å². The van der Waals surface area contributed by atoms with E-state index >= 15 is 0 Å². The van der Waals surface area contributed by atoms with E-state index in [0.29, 0.717) is 10.8 Å². The monoisotopic (exact) mass is 527 g/mol. The molecule has 184 valence electrons. The smallest absolute Gasteiger partial charge is 0.258 e. The lowest BCUT2D eigenvalue weighted by molar-refractivity contribution is -0.115. The molecule has 1 atom stereocenters. The number of aromatic nitrogens is 1. The normalized spacial score (nSPS) is 11.7. The van der Waals surface area contributed by atoms with Crippen molar-refractivity contribution in [2.24, 2.45) is 0 Å². The molecule has 0 fully saturated rings. The van der Waals surface area contributed by atoms with E-state index in [1.807, 2.05) is 61.5 Å². The van der Waals surface area contributed by atoms with E-state index in [1.165, 1.54) is 41.3 Å². The second-order valence-corrected chi connectivity index (χ2v) is 10.6. The number of thioether (sulfide) groups is 1. The number of halogens is 1. The Bertz CT molecular complexity index is 1570. The predicted molar refractivity (Wildman–Crippen MR) is 149 cm³/mol. The highest BCUT2D eigenvalue weighted by Gasteiger charge is 2.23. The molecule has 0 spiro atoms. The number of hydrogen-bond donors (Lipinski definition) is 2. The van der Waals surface area contributed by atoms with Gasteiger partial charge in [0.1, 0.15) is 11.1 Å². The highest BCUT2D eigenvalue weighted by molar-refractivity contribution is 8.00. The molecule has 0 saturated heterocycles. The van der Waals surface area contributed by atoms with Gasteiger partial charge in [0, 0.05) is 10.6 Å². The highest BCUT2D eigenvalue weighted by Crippen LogP contribution is 2.37. The van der Waals surface area contributed by atoms with Gasteiger partial charge in [0.25, 0.3) is 5.91 Å². The minimum absolute atomic E-state index is 0.0215. The van der Waals surface area contributed by atoms with E-state index in [0.717, 1.165) is 26.2 Å². The molecule has 37 heavy (non-hydrogen) atoms. The molecule has 2 N–H and O–H groups in total. The van der Waals surface area contributed by atoms with E-state index in [-0.39, 0.29) is 11.5 Å². The second kappa shape index (κ2) is 10.9. The number of amides is 2. The van der Waals surface area contributed by atoms with Crippen LogP contribution in [0.4, 0.5) is 15.2 Å². The van der Waals surface area contributed by atoms with Crippen LogP contribution in [0.2, 0.25) is 0 Å². The number of carbonyl (C=O) groups excluding carboxylic acids is 2. The van der Waals surface area contributed by atoms with Crippen LogP contribution >= 0.6 is 23.1 Å². The number of nitrogens with one attached hydrogen (secondary N) is 2. The number of aryl methyl sites for hydroxylation is 1. The third-order valence-corrected chi connectivity index (χ3v) is 7.80. The van der Waals surface area contributed by atoms with Crippen molar-refractivity contribution in [2.75, 3.05) is 10.6 Å². The fraction of sp³-hybridized carbons (Fsp3) is 0.0690. The predicted octanol–water partition coefficient (Wildman–Crippen LogP) is 7.47. The minimum Gasteiger partial charge on any atom is -0.322 e. The minimum atomic E-state index is -0.577. The summed E-state index contributed by atoms with van der Waals surface area (Å²) in [5, 5.41) is 5.73. The maximum absolute atomic E-state index is 13.9. The largest absolute Gasteiger partial charge is 0.322 e. The maximum Gasteiger partial charge on any atom is 0.258 e. The SMILES string of the molecule is Cc1ccc2nc(NC(=O)C(Sc3ccc(NC(=O)c4ccccc4F)cc3)c3ccccc3)sc2c1. The van der Waals surface area contributed by atoms with Crippen molar-refractivity contribution in [1.29, 1.82) is 0 Å². The van der Waals surface area contributed by atoms with Crippen molar-refractivity contribution in [3.05, 3.63) is 120 Å². The lowest BCUT2D eigenvalue weighted by Gasteiger charge is -2.16. The summed E-state index contributed by atoms with van der Waals surface area (Å²) in [6, 6.07) is 28.5. The molecular formula is C29H22FN3O2S2. The number of rotatable bonds is 7. The van der Waals surface area contributed by atoms with Crippen LogP contribution in [0.25, 0.3) is 10.2 Å². The zero-order chi connectivity index (χ0) is 25.8. The molecule has 1 heterocycles. The highest BCUT2D eigenvalue weighted by atomic mass is 32.2. The Kier molecular flexibility index (Phi) is 7.30. The Morgan fingerprint density at radius 2 is 1.62 bits per heavy atom. The first-order valence-electron chi connectivity index (χ1n) is 11.5. The number of thiazole rings is 1. The Labute approximate surface area is 221 Å². The van der Waals surface area contributed by atoms with Gasteiger partial charge in [-0.1, -0.05) is 59.9 Å².